The molecule has 0 bridgehead atoms. The molecule has 0 aromatic carbocycles. The van der Waals surface area contributed by atoms with Crippen LogP contribution in [0.15, 0.2) is 0 Å². The molecule has 0 saturated heterocycles. The summed E-state index contributed by atoms with van der Waals surface area (Å²) in [5.74, 6) is 0. The number of nitrogens with zero attached hydrogens (tertiary/aromatic N) is 1. The third-order valence-electron chi connectivity index (χ3n) is 1.59. The molecule has 0 aliphatic heterocycles. The van der Waals surface area contributed by atoms with Crippen molar-refractivity contribution in [1.29, 1.82) is 0 Å². The highest BCUT2D eigenvalue weighted by atomic mass is 35.5. The van der Waals surface area contributed by atoms with E-state index in [2.05, 4.69) is 0 Å². The molecule has 0 aliphatic carbocycles. The second-order valence-electron chi connectivity index (χ2n) is 3.65. The van der Waals surface area contributed by atoms with Crippen LogP contribution in [0.25, 0.3) is 0 Å². The van der Waals surface area contributed by atoms with Gasteiger partial charge in [-0.2, -0.15) is 0 Å². The fraction of sp³-hybridized carbons (Fsp3) is 1.00. The van der Waals surface area contributed by atoms with Gasteiger partial charge >= 0.3 is 19.7 Å². The molecule has 0 amide bonds. The molecule has 86 valence electrons. The zero-order chi connectivity index (χ0) is 12.0. The summed E-state index contributed by atoms with van der Waals surface area (Å²) in [7, 11) is -6.76. The van der Waals surface area contributed by atoms with Gasteiger partial charge in [0.05, 0.1) is 21.1 Å². The van der Waals surface area contributed by atoms with Crippen molar-refractivity contribution in [3.05, 3.63) is 0 Å². The van der Waals surface area contributed by atoms with Crippen LogP contribution in [-0.2, 0) is 9.13 Å². The predicted octanol–water partition coefficient (Wildman–Crippen LogP) is -0.102. The van der Waals surface area contributed by atoms with Crippen LogP contribution in [0.1, 0.15) is 0 Å². The molecule has 10 heteroatoms. The summed E-state index contributed by atoms with van der Waals surface area (Å²) in [6, 6.07) is 0. The monoisotopic (exact) mass is 268 g/mol. The van der Waals surface area contributed by atoms with E-state index in [1.54, 1.807) is 0 Å². The van der Waals surface area contributed by atoms with E-state index in [1.165, 1.54) is 21.1 Å². The lowest BCUT2D eigenvalue weighted by molar-refractivity contribution is -0.882. The summed E-state index contributed by atoms with van der Waals surface area (Å²) < 4.78 is 18.3. The third kappa shape index (κ3) is 2.21. The van der Waals surface area contributed by atoms with Gasteiger partial charge in [0.1, 0.15) is 0 Å². The smallest absolute Gasteiger partial charge is 0.319 e. The Labute approximate surface area is 86.2 Å². The number of halogens is 1. The lowest BCUT2D eigenvalue weighted by Crippen LogP contribution is -2.52. The fourth-order valence-corrected chi connectivity index (χ4v) is 3.87. The summed E-state index contributed by atoms with van der Waals surface area (Å²) in [6.45, 7) is 0. The molecule has 0 saturated carbocycles. The predicted molar refractivity (Wildman–Crippen MR) is 50.7 cm³/mol. The molecule has 0 unspecified atom stereocenters. The van der Waals surface area contributed by atoms with E-state index in [0.717, 1.165) is 0 Å². The zero-order valence-corrected chi connectivity index (χ0v) is 10.4. The number of quaternary nitrogens is 1. The fourth-order valence-electron chi connectivity index (χ4n) is 0.951. The number of hydrogen-bond acceptors (Lipinski definition) is 2. The Morgan fingerprint density at radius 3 is 1.21 bits per heavy atom. The topological polar surface area (TPSA) is 115 Å². The Hall–Kier alpha value is 0.550. The Morgan fingerprint density at radius 2 is 1.21 bits per heavy atom. The van der Waals surface area contributed by atoms with Crippen molar-refractivity contribution < 1.29 is 33.2 Å². The van der Waals surface area contributed by atoms with Crippen LogP contribution in [-0.4, -0.2) is 49.7 Å². The summed E-state index contributed by atoms with van der Waals surface area (Å²) in [5.41, 5.74) is 0. The molecular formula is C4H13ClNO6P2+. The van der Waals surface area contributed by atoms with Gasteiger partial charge in [0.15, 0.2) is 0 Å². The molecule has 0 radical (unpaired) electrons. The summed E-state index contributed by atoms with van der Waals surface area (Å²) in [5, 5.41) is 0. The maximum absolute atomic E-state index is 11.0. The molecule has 0 aliphatic rings. The van der Waals surface area contributed by atoms with Crippen LogP contribution in [0.4, 0.5) is 0 Å². The molecule has 14 heavy (non-hydrogen) atoms. The van der Waals surface area contributed by atoms with Gasteiger partial charge in [0, 0.05) is 0 Å². The molecule has 0 aromatic rings. The van der Waals surface area contributed by atoms with Crippen molar-refractivity contribution in [3.63, 3.8) is 0 Å². The van der Waals surface area contributed by atoms with E-state index < -0.39 is 24.2 Å². The van der Waals surface area contributed by atoms with E-state index in [-0.39, 0.29) is 0 Å². The Morgan fingerprint density at radius 1 is 1.00 bits per heavy atom. The summed E-state index contributed by atoms with van der Waals surface area (Å²) >= 11 is 5.41. The molecule has 0 rings (SSSR count). The van der Waals surface area contributed by atoms with Gasteiger partial charge in [-0.1, -0.05) is 0 Å². The Kier molecular flexibility index (Phi) is 3.68. The molecular weight excluding hydrogens is 255 g/mol. The van der Waals surface area contributed by atoms with E-state index in [1.807, 2.05) is 0 Å². The SMILES string of the molecule is C[N+](C)(C)C(Cl)(P(=O)(O)O)P(=O)(O)O. The van der Waals surface area contributed by atoms with E-state index in [4.69, 9.17) is 31.2 Å². The average molecular weight is 269 g/mol. The molecule has 0 heterocycles. The number of rotatable bonds is 3. The minimum absolute atomic E-state index is 0.761. The number of alkyl halides is 1. The molecule has 0 spiro atoms. The largest absolute Gasteiger partial charge is 0.415 e. The van der Waals surface area contributed by atoms with Crippen molar-refractivity contribution in [3.8, 4) is 0 Å². The highest BCUT2D eigenvalue weighted by Crippen LogP contribution is 2.73. The van der Waals surface area contributed by atoms with Gasteiger partial charge in [-0.25, -0.2) is 0 Å². The molecule has 0 atom stereocenters. The van der Waals surface area contributed by atoms with Gasteiger partial charge in [0.25, 0.3) is 0 Å². The first-order valence-corrected chi connectivity index (χ1v) is 6.97. The standard InChI is InChI=1S/C4H12ClNO6P2/c1-6(2,3)4(5,13(7,8)9)14(10,11)12/h1-3H3,(H3-,7,8,9,10,11,12)/p+1. The minimum Gasteiger partial charge on any atom is -0.319 e. The molecule has 7 nitrogen and oxygen atoms in total. The van der Waals surface area contributed by atoms with Crippen LogP contribution in [0, 0.1) is 0 Å². The second kappa shape index (κ2) is 3.54. The van der Waals surface area contributed by atoms with Crippen LogP contribution < -0.4 is 0 Å². The van der Waals surface area contributed by atoms with Crippen LogP contribution in [0.2, 0.25) is 0 Å². The number of hydrogen-bond donors (Lipinski definition) is 4. The lowest BCUT2D eigenvalue weighted by Gasteiger charge is -2.40. The van der Waals surface area contributed by atoms with E-state index >= 15 is 0 Å². The van der Waals surface area contributed by atoms with Crippen molar-refractivity contribution in [2.75, 3.05) is 21.1 Å². The normalized spacial score (nSPS) is 15.7. The highest BCUT2D eigenvalue weighted by molar-refractivity contribution is 7.74. The Bertz CT molecular complexity index is 290. The van der Waals surface area contributed by atoms with Crippen molar-refractivity contribution in [1.82, 2.24) is 0 Å². The first kappa shape index (κ1) is 14.6. The summed E-state index contributed by atoms with van der Waals surface area (Å²) in [6.07, 6.45) is 0. The Balaban J connectivity index is 5.81. The van der Waals surface area contributed by atoms with Gasteiger partial charge in [-0.05, 0) is 11.6 Å². The average Bonchev–Trinajstić information content (AvgIpc) is 1.77. The van der Waals surface area contributed by atoms with Crippen LogP contribution >= 0.6 is 26.8 Å². The van der Waals surface area contributed by atoms with Crippen molar-refractivity contribution >= 4 is 26.8 Å². The molecule has 0 aromatic heterocycles. The second-order valence-corrected chi connectivity index (χ2v) is 8.55. The van der Waals surface area contributed by atoms with Crippen molar-refractivity contribution in [2.45, 2.75) is 4.48 Å². The van der Waals surface area contributed by atoms with Crippen molar-refractivity contribution in [2.24, 2.45) is 0 Å². The maximum atomic E-state index is 11.0. The minimum atomic E-state index is -5.16. The third-order valence-corrected chi connectivity index (χ3v) is 7.67. The van der Waals surface area contributed by atoms with Gasteiger partial charge in [0.2, 0.25) is 0 Å². The van der Waals surface area contributed by atoms with Crippen LogP contribution in [0.3, 0.4) is 0 Å². The lowest BCUT2D eigenvalue weighted by atomic mass is 10.7. The van der Waals surface area contributed by atoms with E-state index in [9.17, 15) is 9.13 Å². The first-order valence-electron chi connectivity index (χ1n) is 3.37. The highest BCUT2D eigenvalue weighted by Gasteiger charge is 2.69. The molecule has 0 fully saturated rings. The van der Waals surface area contributed by atoms with E-state index in [0.29, 0.717) is 0 Å². The maximum Gasteiger partial charge on any atom is 0.415 e. The zero-order valence-electron chi connectivity index (χ0n) is 7.82. The summed E-state index contributed by atoms with van der Waals surface area (Å²) in [4.78, 5) is 35.5. The van der Waals surface area contributed by atoms with Crippen LogP contribution in [0.5, 0.6) is 0 Å². The van der Waals surface area contributed by atoms with Gasteiger partial charge in [-0.15, -0.1) is 0 Å². The first-order chi connectivity index (χ1) is 5.75. The molecule has 4 N–H and O–H groups in total. The van der Waals surface area contributed by atoms with Gasteiger partial charge in [-0.3, -0.25) is 13.6 Å². The van der Waals surface area contributed by atoms with Gasteiger partial charge < -0.3 is 19.6 Å². The quantitative estimate of drug-likeness (QED) is 0.246.